The Balaban J connectivity index is 0.00000181. The number of thiophene rings is 1. The third-order valence-corrected chi connectivity index (χ3v) is 6.52. The van der Waals surface area contributed by atoms with Gasteiger partial charge >= 0.3 is 0 Å². The van der Waals surface area contributed by atoms with Crippen molar-refractivity contribution in [2.75, 3.05) is 44.2 Å². The summed E-state index contributed by atoms with van der Waals surface area (Å²) in [6, 6.07) is 11.8. The Labute approximate surface area is 198 Å². The van der Waals surface area contributed by atoms with Crippen LogP contribution in [0.15, 0.2) is 52.8 Å². The fourth-order valence-electron chi connectivity index (χ4n) is 4.03. The van der Waals surface area contributed by atoms with Crippen molar-refractivity contribution < 1.29 is 10.3 Å². The van der Waals surface area contributed by atoms with Crippen molar-refractivity contribution >= 4 is 45.4 Å². The number of rotatable bonds is 7. The number of halogens is 1. The molecule has 0 atom stereocenters. The van der Waals surface area contributed by atoms with Crippen LogP contribution in [0.4, 0.5) is 5.69 Å². The van der Waals surface area contributed by atoms with Crippen molar-refractivity contribution in [3.05, 3.63) is 63.9 Å². The second-order valence-corrected chi connectivity index (χ2v) is 8.55. The minimum atomic E-state index is -0.136. The Morgan fingerprint density at radius 2 is 1.84 bits per heavy atom. The van der Waals surface area contributed by atoms with Crippen LogP contribution < -0.4 is 15.8 Å². The Kier molecular flexibility index (Phi) is 9.71. The third kappa shape index (κ3) is 5.89. The normalized spacial score (nSPS) is 14.0. The molecule has 2 aromatic heterocycles. The second kappa shape index (κ2) is 12.0. The average Bonchev–Trinajstić information content (AvgIpc) is 3.25. The lowest BCUT2D eigenvalue weighted by atomic mass is 10.2. The first-order chi connectivity index (χ1) is 14.7. The number of amides is 1. The highest BCUT2D eigenvalue weighted by molar-refractivity contribution is 7.17. The van der Waals surface area contributed by atoms with Crippen molar-refractivity contribution in [3.8, 4) is 0 Å². The van der Waals surface area contributed by atoms with E-state index in [1.165, 1.54) is 21.8 Å². The van der Waals surface area contributed by atoms with Gasteiger partial charge in [-0.1, -0.05) is 6.07 Å². The SMILES string of the molecule is CCNC(=O)c1ccc(=O)n(CCCN2CCN(c3cccc4sccc34)CC2)c1.Cl.O. The molecule has 1 amide bonds. The molecule has 0 spiro atoms. The van der Waals surface area contributed by atoms with Crippen LogP contribution in [0.3, 0.4) is 0 Å². The monoisotopic (exact) mass is 478 g/mol. The molecule has 0 saturated carbocycles. The molecule has 9 heteroatoms. The summed E-state index contributed by atoms with van der Waals surface area (Å²) in [5, 5.41) is 6.29. The second-order valence-electron chi connectivity index (χ2n) is 7.60. The summed E-state index contributed by atoms with van der Waals surface area (Å²) in [7, 11) is 0. The summed E-state index contributed by atoms with van der Waals surface area (Å²) in [6.45, 7) is 8.11. The summed E-state index contributed by atoms with van der Waals surface area (Å²) in [5.41, 5.74) is 1.81. The zero-order chi connectivity index (χ0) is 20.9. The van der Waals surface area contributed by atoms with Gasteiger partial charge in [0.1, 0.15) is 0 Å². The van der Waals surface area contributed by atoms with Crippen molar-refractivity contribution in [3.63, 3.8) is 0 Å². The number of carbonyl (C=O) groups is 1. The zero-order valence-electron chi connectivity index (χ0n) is 18.3. The van der Waals surface area contributed by atoms with Crippen molar-refractivity contribution in [1.29, 1.82) is 0 Å². The van der Waals surface area contributed by atoms with Crippen molar-refractivity contribution in [2.45, 2.75) is 19.9 Å². The van der Waals surface area contributed by atoms with Crippen LogP contribution in [0.2, 0.25) is 0 Å². The lowest BCUT2D eigenvalue weighted by Gasteiger charge is -2.36. The smallest absolute Gasteiger partial charge is 0.252 e. The van der Waals surface area contributed by atoms with E-state index in [-0.39, 0.29) is 29.3 Å². The Morgan fingerprint density at radius 1 is 1.06 bits per heavy atom. The van der Waals surface area contributed by atoms with E-state index in [0.717, 1.165) is 39.1 Å². The standard InChI is InChI=1S/C23H28N4O2S.ClH.H2O/c1-2-24-23(29)18-7-8-22(28)27(17-18)11-4-10-25-12-14-26(15-13-25)20-5-3-6-21-19(20)9-16-30-21;;/h3,5-9,16-17H,2,4,10-15H2,1H3,(H,24,29);1H;1H2. The molecule has 3 heterocycles. The molecule has 0 radical (unpaired) electrons. The molecule has 1 aromatic carbocycles. The first-order valence-corrected chi connectivity index (χ1v) is 11.5. The van der Waals surface area contributed by atoms with Gasteiger partial charge in [0, 0.05) is 67.3 Å². The zero-order valence-corrected chi connectivity index (χ0v) is 19.9. The number of aryl methyl sites for hydroxylation is 1. The van der Waals surface area contributed by atoms with Crippen LogP contribution >= 0.6 is 23.7 Å². The lowest BCUT2D eigenvalue weighted by Crippen LogP contribution is -2.46. The summed E-state index contributed by atoms with van der Waals surface area (Å²) in [4.78, 5) is 29.1. The number of piperazine rings is 1. The predicted octanol–water partition coefficient (Wildman–Crippen LogP) is 2.62. The molecule has 0 bridgehead atoms. The van der Waals surface area contributed by atoms with Gasteiger partial charge in [-0.2, -0.15) is 0 Å². The van der Waals surface area contributed by atoms with Gasteiger partial charge in [-0.3, -0.25) is 14.5 Å². The molecule has 4 rings (SSSR count). The number of anilines is 1. The molecular formula is C23H31ClN4O3S. The van der Waals surface area contributed by atoms with E-state index in [9.17, 15) is 9.59 Å². The number of pyridine rings is 1. The van der Waals surface area contributed by atoms with Gasteiger partial charge in [0.2, 0.25) is 0 Å². The third-order valence-electron chi connectivity index (χ3n) is 5.64. The van der Waals surface area contributed by atoms with E-state index in [1.54, 1.807) is 28.2 Å². The summed E-state index contributed by atoms with van der Waals surface area (Å²) >= 11 is 1.79. The van der Waals surface area contributed by atoms with Crippen LogP contribution in [0.25, 0.3) is 10.1 Å². The fourth-order valence-corrected chi connectivity index (χ4v) is 4.84. The lowest BCUT2D eigenvalue weighted by molar-refractivity contribution is 0.0955. The predicted molar refractivity (Wildman–Crippen MR) is 135 cm³/mol. The van der Waals surface area contributed by atoms with Crippen LogP contribution in [0, 0.1) is 0 Å². The average molecular weight is 479 g/mol. The molecule has 1 saturated heterocycles. The number of fused-ring (bicyclic) bond motifs is 1. The number of benzene rings is 1. The van der Waals surface area contributed by atoms with Crippen LogP contribution in [0.5, 0.6) is 0 Å². The number of carbonyl (C=O) groups excluding carboxylic acids is 1. The number of nitrogens with zero attached hydrogens (tertiary/aromatic N) is 3. The minimum absolute atomic E-state index is 0. The van der Waals surface area contributed by atoms with Gasteiger partial charge in [0.15, 0.2) is 0 Å². The van der Waals surface area contributed by atoms with E-state index < -0.39 is 0 Å². The first kappa shape index (κ1) is 25.9. The molecule has 0 unspecified atom stereocenters. The van der Waals surface area contributed by atoms with Crippen molar-refractivity contribution in [1.82, 2.24) is 14.8 Å². The van der Waals surface area contributed by atoms with E-state index in [0.29, 0.717) is 18.7 Å². The Hall–Kier alpha value is -2.39. The van der Waals surface area contributed by atoms with E-state index in [4.69, 9.17) is 0 Å². The maximum Gasteiger partial charge on any atom is 0.252 e. The van der Waals surface area contributed by atoms with Gasteiger partial charge in [-0.05, 0) is 49.5 Å². The van der Waals surface area contributed by atoms with E-state index >= 15 is 0 Å². The van der Waals surface area contributed by atoms with Gasteiger partial charge in [0.05, 0.1) is 5.56 Å². The number of hydrogen-bond donors (Lipinski definition) is 1. The Morgan fingerprint density at radius 3 is 2.59 bits per heavy atom. The minimum Gasteiger partial charge on any atom is -0.412 e. The Bertz CT molecular complexity index is 1080. The van der Waals surface area contributed by atoms with Gasteiger partial charge in [-0.25, -0.2) is 0 Å². The highest BCUT2D eigenvalue weighted by atomic mass is 35.5. The molecule has 1 aliphatic rings. The molecule has 3 aromatic rings. The summed E-state index contributed by atoms with van der Waals surface area (Å²) in [6.07, 6.45) is 2.56. The van der Waals surface area contributed by atoms with Gasteiger partial charge in [-0.15, -0.1) is 23.7 Å². The molecule has 1 aliphatic heterocycles. The van der Waals surface area contributed by atoms with E-state index in [2.05, 4.69) is 44.8 Å². The maximum absolute atomic E-state index is 12.1. The van der Waals surface area contributed by atoms with Gasteiger partial charge < -0.3 is 20.3 Å². The molecule has 1 fully saturated rings. The fraction of sp³-hybridized carbons (Fsp3) is 0.391. The number of hydrogen-bond acceptors (Lipinski definition) is 5. The molecule has 32 heavy (non-hydrogen) atoms. The first-order valence-electron chi connectivity index (χ1n) is 10.6. The molecular weight excluding hydrogens is 448 g/mol. The maximum atomic E-state index is 12.1. The highest BCUT2D eigenvalue weighted by Crippen LogP contribution is 2.31. The largest absolute Gasteiger partial charge is 0.412 e. The van der Waals surface area contributed by atoms with Crippen LogP contribution in [-0.4, -0.2) is 60.1 Å². The van der Waals surface area contributed by atoms with Crippen LogP contribution in [-0.2, 0) is 6.54 Å². The summed E-state index contributed by atoms with van der Waals surface area (Å²) in [5.74, 6) is -0.136. The number of aromatic nitrogens is 1. The summed E-state index contributed by atoms with van der Waals surface area (Å²) < 4.78 is 2.99. The molecule has 0 aliphatic carbocycles. The topological polar surface area (TPSA) is 89.1 Å². The van der Waals surface area contributed by atoms with Gasteiger partial charge in [0.25, 0.3) is 11.5 Å². The molecule has 3 N–H and O–H groups in total. The highest BCUT2D eigenvalue weighted by Gasteiger charge is 2.18. The van der Waals surface area contributed by atoms with E-state index in [1.807, 2.05) is 6.92 Å². The van der Waals surface area contributed by atoms with Crippen LogP contribution in [0.1, 0.15) is 23.7 Å². The molecule has 174 valence electrons. The quantitative estimate of drug-likeness (QED) is 0.565. The van der Waals surface area contributed by atoms with Crippen molar-refractivity contribution in [2.24, 2.45) is 0 Å². The molecule has 7 nitrogen and oxygen atoms in total. The number of nitrogens with one attached hydrogen (secondary N) is 1.